The Morgan fingerprint density at radius 2 is 2.10 bits per heavy atom. The number of nitrogens with zero attached hydrogens (tertiary/aromatic N) is 3. The lowest BCUT2D eigenvalue weighted by Crippen LogP contribution is -2.35. The Kier molecular flexibility index (Phi) is 5.76. The van der Waals surface area contributed by atoms with Crippen LogP contribution in [0.4, 0.5) is 11.6 Å². The van der Waals surface area contributed by atoms with Crippen LogP contribution in [0.1, 0.15) is 37.6 Å². The van der Waals surface area contributed by atoms with Crippen molar-refractivity contribution < 1.29 is 0 Å². The van der Waals surface area contributed by atoms with Crippen LogP contribution in [-0.2, 0) is 6.42 Å². The standard InChI is InChI=1S/C15H28N6/c1-4-6-13-18-14(11(2)15(19-13)20-16)17-9-12-7-5-8-21(3)10-12/h12H,4-10,16H2,1-3H3,(H2,17,18,19,20). The van der Waals surface area contributed by atoms with Crippen LogP contribution < -0.4 is 16.6 Å². The fourth-order valence-electron chi connectivity index (χ4n) is 2.89. The number of nitrogens with one attached hydrogen (secondary N) is 2. The topological polar surface area (TPSA) is 79.1 Å². The molecule has 1 aromatic rings. The minimum absolute atomic E-state index is 0.682. The number of aryl methyl sites for hydroxylation is 1. The van der Waals surface area contributed by atoms with Crippen LogP contribution in [0.15, 0.2) is 0 Å². The molecule has 1 atom stereocenters. The number of nitrogens with two attached hydrogens (primary N) is 1. The first kappa shape index (κ1) is 16.0. The maximum absolute atomic E-state index is 5.57. The zero-order valence-corrected chi connectivity index (χ0v) is 13.4. The molecule has 1 aliphatic heterocycles. The molecule has 0 spiro atoms. The summed E-state index contributed by atoms with van der Waals surface area (Å²) in [5.41, 5.74) is 3.67. The molecule has 1 aromatic heterocycles. The molecule has 2 heterocycles. The first-order chi connectivity index (χ1) is 10.1. The van der Waals surface area contributed by atoms with Crippen molar-refractivity contribution in [3.05, 3.63) is 11.4 Å². The summed E-state index contributed by atoms with van der Waals surface area (Å²) in [6, 6.07) is 0. The number of rotatable bonds is 6. The van der Waals surface area contributed by atoms with Gasteiger partial charge in [0.1, 0.15) is 17.5 Å². The fourth-order valence-corrected chi connectivity index (χ4v) is 2.89. The highest BCUT2D eigenvalue weighted by molar-refractivity contribution is 5.56. The third-order valence-corrected chi connectivity index (χ3v) is 4.08. The first-order valence-electron chi connectivity index (χ1n) is 7.90. The van der Waals surface area contributed by atoms with Gasteiger partial charge >= 0.3 is 0 Å². The summed E-state index contributed by atoms with van der Waals surface area (Å²) in [6.45, 7) is 7.45. The SMILES string of the molecule is CCCc1nc(NN)c(C)c(NCC2CCCN(C)C2)n1. The number of hydrogen-bond donors (Lipinski definition) is 3. The lowest BCUT2D eigenvalue weighted by Gasteiger charge is -2.30. The second-order valence-electron chi connectivity index (χ2n) is 6.01. The molecule has 1 fully saturated rings. The normalized spacial score (nSPS) is 19.5. The lowest BCUT2D eigenvalue weighted by molar-refractivity contribution is 0.217. The van der Waals surface area contributed by atoms with Crippen molar-refractivity contribution in [2.75, 3.05) is 37.4 Å². The van der Waals surface area contributed by atoms with Crippen molar-refractivity contribution in [2.24, 2.45) is 11.8 Å². The Bertz CT molecular complexity index is 462. The van der Waals surface area contributed by atoms with E-state index in [4.69, 9.17) is 5.84 Å². The predicted molar refractivity (Wildman–Crippen MR) is 87.3 cm³/mol. The van der Waals surface area contributed by atoms with Crippen molar-refractivity contribution in [1.82, 2.24) is 14.9 Å². The van der Waals surface area contributed by atoms with Crippen LogP contribution in [0.3, 0.4) is 0 Å². The van der Waals surface area contributed by atoms with Crippen LogP contribution in [0, 0.1) is 12.8 Å². The van der Waals surface area contributed by atoms with Gasteiger partial charge in [0.25, 0.3) is 0 Å². The van der Waals surface area contributed by atoms with E-state index >= 15 is 0 Å². The van der Waals surface area contributed by atoms with Crippen molar-refractivity contribution in [1.29, 1.82) is 0 Å². The molecule has 2 rings (SSSR count). The molecule has 0 aliphatic carbocycles. The third kappa shape index (κ3) is 4.28. The Balaban J connectivity index is 2.05. The Labute approximate surface area is 127 Å². The van der Waals surface area contributed by atoms with E-state index in [0.29, 0.717) is 5.92 Å². The van der Waals surface area contributed by atoms with Crippen molar-refractivity contribution in [3.63, 3.8) is 0 Å². The van der Waals surface area contributed by atoms with Crippen LogP contribution in [0.2, 0.25) is 0 Å². The van der Waals surface area contributed by atoms with E-state index in [9.17, 15) is 0 Å². The monoisotopic (exact) mass is 292 g/mol. The quantitative estimate of drug-likeness (QED) is 0.548. The Hall–Kier alpha value is -1.40. The molecule has 0 saturated carbocycles. The molecule has 6 nitrogen and oxygen atoms in total. The highest BCUT2D eigenvalue weighted by atomic mass is 15.3. The second-order valence-corrected chi connectivity index (χ2v) is 6.01. The van der Waals surface area contributed by atoms with Gasteiger partial charge in [0, 0.05) is 25.1 Å². The van der Waals surface area contributed by atoms with Gasteiger partial charge < -0.3 is 15.6 Å². The maximum atomic E-state index is 5.57. The molecule has 0 bridgehead atoms. The number of piperidine rings is 1. The molecule has 21 heavy (non-hydrogen) atoms. The van der Waals surface area contributed by atoms with Crippen molar-refractivity contribution in [2.45, 2.75) is 39.5 Å². The molecule has 6 heteroatoms. The van der Waals surface area contributed by atoms with Gasteiger partial charge in [-0.1, -0.05) is 6.92 Å². The van der Waals surface area contributed by atoms with Gasteiger partial charge in [-0.3, -0.25) is 0 Å². The molecule has 0 aromatic carbocycles. The van der Waals surface area contributed by atoms with Crippen LogP contribution in [0.5, 0.6) is 0 Å². The zero-order chi connectivity index (χ0) is 15.2. The van der Waals surface area contributed by atoms with Crippen LogP contribution in [-0.4, -0.2) is 41.5 Å². The van der Waals surface area contributed by atoms with Crippen molar-refractivity contribution >= 4 is 11.6 Å². The Morgan fingerprint density at radius 3 is 2.76 bits per heavy atom. The number of hydrazine groups is 1. The van der Waals surface area contributed by atoms with Gasteiger partial charge in [-0.05, 0) is 45.7 Å². The van der Waals surface area contributed by atoms with E-state index < -0.39 is 0 Å². The summed E-state index contributed by atoms with van der Waals surface area (Å²) in [7, 11) is 2.19. The number of anilines is 2. The highest BCUT2D eigenvalue weighted by Gasteiger charge is 2.18. The molecule has 1 unspecified atom stereocenters. The lowest BCUT2D eigenvalue weighted by atomic mass is 9.98. The van der Waals surface area contributed by atoms with Gasteiger partial charge in [-0.15, -0.1) is 0 Å². The summed E-state index contributed by atoms with van der Waals surface area (Å²) in [5.74, 6) is 8.73. The fraction of sp³-hybridized carbons (Fsp3) is 0.733. The van der Waals surface area contributed by atoms with Gasteiger partial charge in [0.15, 0.2) is 0 Å². The summed E-state index contributed by atoms with van der Waals surface area (Å²) in [6.07, 6.45) is 4.46. The average Bonchev–Trinajstić information content (AvgIpc) is 2.48. The minimum Gasteiger partial charge on any atom is -0.369 e. The number of aromatic nitrogens is 2. The first-order valence-corrected chi connectivity index (χ1v) is 7.90. The van der Waals surface area contributed by atoms with E-state index in [-0.39, 0.29) is 0 Å². The summed E-state index contributed by atoms with van der Waals surface area (Å²) >= 11 is 0. The van der Waals surface area contributed by atoms with Crippen LogP contribution >= 0.6 is 0 Å². The summed E-state index contributed by atoms with van der Waals surface area (Å²) in [4.78, 5) is 11.5. The highest BCUT2D eigenvalue weighted by Crippen LogP contribution is 2.21. The number of hydrogen-bond acceptors (Lipinski definition) is 6. The second kappa shape index (κ2) is 7.56. The van der Waals surface area contributed by atoms with Gasteiger partial charge in [0.05, 0.1) is 0 Å². The number of nitrogen functional groups attached to an aromatic ring is 1. The predicted octanol–water partition coefficient (Wildman–Crippen LogP) is 1.78. The van der Waals surface area contributed by atoms with E-state index in [1.165, 1.54) is 19.4 Å². The average molecular weight is 292 g/mol. The molecular formula is C15H28N6. The summed E-state index contributed by atoms with van der Waals surface area (Å²) in [5, 5.41) is 3.50. The van der Waals surface area contributed by atoms with Crippen molar-refractivity contribution in [3.8, 4) is 0 Å². The number of likely N-dealkylation sites (tertiary alicyclic amines) is 1. The van der Waals surface area contributed by atoms with E-state index in [2.05, 4.69) is 39.6 Å². The molecule has 0 radical (unpaired) electrons. The van der Waals surface area contributed by atoms with Gasteiger partial charge in [-0.25, -0.2) is 15.8 Å². The molecule has 0 amide bonds. The largest absolute Gasteiger partial charge is 0.369 e. The maximum Gasteiger partial charge on any atom is 0.148 e. The molecule has 4 N–H and O–H groups in total. The zero-order valence-electron chi connectivity index (χ0n) is 13.4. The van der Waals surface area contributed by atoms with Gasteiger partial charge in [-0.2, -0.15) is 0 Å². The third-order valence-electron chi connectivity index (χ3n) is 4.08. The van der Waals surface area contributed by atoms with Gasteiger partial charge in [0.2, 0.25) is 0 Å². The van der Waals surface area contributed by atoms with Crippen LogP contribution in [0.25, 0.3) is 0 Å². The molecular weight excluding hydrogens is 264 g/mol. The molecule has 1 saturated heterocycles. The summed E-state index contributed by atoms with van der Waals surface area (Å²) < 4.78 is 0. The van der Waals surface area contributed by atoms with E-state index in [1.807, 2.05) is 6.92 Å². The van der Waals surface area contributed by atoms with E-state index in [0.717, 1.165) is 49.0 Å². The minimum atomic E-state index is 0.682. The van der Waals surface area contributed by atoms with E-state index in [1.54, 1.807) is 0 Å². The molecule has 118 valence electrons. The molecule has 1 aliphatic rings. The smallest absolute Gasteiger partial charge is 0.148 e. The Morgan fingerprint density at radius 1 is 1.33 bits per heavy atom.